The molecule has 0 aliphatic rings. The molecule has 5 heteroatoms. The molecule has 1 atom stereocenters. The second kappa shape index (κ2) is 6.36. The van der Waals surface area contributed by atoms with Crippen molar-refractivity contribution in [2.24, 2.45) is 0 Å². The number of hydrogen-bond donors (Lipinski definition) is 1. The molecule has 0 fully saturated rings. The summed E-state index contributed by atoms with van der Waals surface area (Å²) in [4.78, 5) is 0. The second-order valence-electron chi connectivity index (χ2n) is 4.22. The summed E-state index contributed by atoms with van der Waals surface area (Å²) < 4.78 is 15.7. The van der Waals surface area contributed by atoms with Gasteiger partial charge in [0.1, 0.15) is 24.7 Å². The van der Waals surface area contributed by atoms with Gasteiger partial charge in [0.05, 0.1) is 6.10 Å². The summed E-state index contributed by atoms with van der Waals surface area (Å²) in [6.07, 6.45) is -0.572. The zero-order valence-electron chi connectivity index (χ0n) is 11.0. The van der Waals surface area contributed by atoms with Crippen molar-refractivity contribution in [3.05, 3.63) is 47.3 Å². The van der Waals surface area contributed by atoms with Gasteiger partial charge in [0.25, 0.3) is 0 Å². The Kier molecular flexibility index (Phi) is 4.54. The third-order valence-electron chi connectivity index (χ3n) is 2.64. The summed E-state index contributed by atoms with van der Waals surface area (Å²) in [6.45, 7) is 2.38. The van der Waals surface area contributed by atoms with E-state index in [0.29, 0.717) is 23.8 Å². The van der Waals surface area contributed by atoms with Crippen molar-refractivity contribution in [2.75, 3.05) is 7.11 Å². The van der Waals surface area contributed by atoms with Crippen LogP contribution in [0.25, 0.3) is 0 Å². The number of hydrogen-bond acceptors (Lipinski definition) is 5. The smallest absolute Gasteiger partial charge is 0.162 e. The Labute approximate surface area is 111 Å². The predicted molar refractivity (Wildman–Crippen MR) is 68.6 cm³/mol. The summed E-state index contributed by atoms with van der Waals surface area (Å²) in [6, 6.07) is 9.16. The highest BCUT2D eigenvalue weighted by Crippen LogP contribution is 2.25. The Hall–Kier alpha value is -1.85. The fourth-order valence-electron chi connectivity index (χ4n) is 1.74. The number of aliphatic hydroxyl groups is 1. The van der Waals surface area contributed by atoms with E-state index in [4.69, 9.17) is 14.0 Å². The average molecular weight is 263 g/mol. The first-order valence-corrected chi connectivity index (χ1v) is 6.04. The lowest BCUT2D eigenvalue weighted by Gasteiger charge is -2.11. The monoisotopic (exact) mass is 263 g/mol. The molecule has 0 aliphatic heterocycles. The van der Waals surface area contributed by atoms with Crippen molar-refractivity contribution < 1.29 is 19.1 Å². The normalized spacial score (nSPS) is 12.4. The summed E-state index contributed by atoms with van der Waals surface area (Å²) in [5.41, 5.74) is 1.44. The molecule has 102 valence electrons. The topological polar surface area (TPSA) is 64.7 Å². The molecule has 0 saturated heterocycles. The van der Waals surface area contributed by atoms with Crippen molar-refractivity contribution in [3.8, 4) is 5.75 Å². The van der Waals surface area contributed by atoms with E-state index in [0.717, 1.165) is 5.56 Å². The molecule has 5 nitrogen and oxygen atoms in total. The number of ether oxygens (including phenoxy) is 2. The SMILES string of the molecule is COCc1cc(COc2ccccc2[C@@H](C)O)no1. The molecule has 2 aromatic rings. The van der Waals surface area contributed by atoms with Crippen LogP contribution in [0.4, 0.5) is 0 Å². The van der Waals surface area contributed by atoms with Gasteiger partial charge in [0.2, 0.25) is 0 Å². The van der Waals surface area contributed by atoms with Gasteiger partial charge in [-0.25, -0.2) is 0 Å². The maximum atomic E-state index is 9.65. The molecular weight excluding hydrogens is 246 g/mol. The molecule has 1 N–H and O–H groups in total. The maximum Gasteiger partial charge on any atom is 0.162 e. The van der Waals surface area contributed by atoms with Crippen LogP contribution in [0, 0.1) is 0 Å². The van der Waals surface area contributed by atoms with Crippen LogP contribution in [0.3, 0.4) is 0 Å². The van der Waals surface area contributed by atoms with Gasteiger partial charge in [0, 0.05) is 18.7 Å². The van der Waals surface area contributed by atoms with E-state index < -0.39 is 6.10 Å². The zero-order chi connectivity index (χ0) is 13.7. The van der Waals surface area contributed by atoms with Crippen LogP contribution in [-0.4, -0.2) is 17.4 Å². The van der Waals surface area contributed by atoms with Gasteiger partial charge >= 0.3 is 0 Å². The molecular formula is C14H17NO4. The molecule has 1 aromatic carbocycles. The Morgan fingerprint density at radius 2 is 2.11 bits per heavy atom. The summed E-state index contributed by atoms with van der Waals surface area (Å²) in [7, 11) is 1.59. The molecule has 0 spiro atoms. The molecule has 2 rings (SSSR count). The molecule has 1 heterocycles. The second-order valence-corrected chi connectivity index (χ2v) is 4.22. The van der Waals surface area contributed by atoms with E-state index >= 15 is 0 Å². The predicted octanol–water partition coefficient (Wildman–Crippen LogP) is 2.45. The third kappa shape index (κ3) is 3.56. The molecule has 19 heavy (non-hydrogen) atoms. The first-order valence-electron chi connectivity index (χ1n) is 6.04. The lowest BCUT2D eigenvalue weighted by Crippen LogP contribution is -2.00. The van der Waals surface area contributed by atoms with Crippen LogP contribution in [0.2, 0.25) is 0 Å². The van der Waals surface area contributed by atoms with Crippen LogP contribution in [-0.2, 0) is 18.0 Å². The molecule has 0 saturated carbocycles. The number of nitrogens with zero attached hydrogens (tertiary/aromatic N) is 1. The van der Waals surface area contributed by atoms with Gasteiger partial charge in [-0.15, -0.1) is 0 Å². The van der Waals surface area contributed by atoms with Gasteiger partial charge in [-0.2, -0.15) is 0 Å². The summed E-state index contributed by atoms with van der Waals surface area (Å²) >= 11 is 0. The van der Waals surface area contributed by atoms with Crippen LogP contribution >= 0.6 is 0 Å². The molecule has 0 unspecified atom stereocenters. The van der Waals surface area contributed by atoms with Crippen molar-refractivity contribution >= 4 is 0 Å². The van der Waals surface area contributed by atoms with E-state index in [9.17, 15) is 5.11 Å². The fourth-order valence-corrected chi connectivity index (χ4v) is 1.74. The third-order valence-corrected chi connectivity index (χ3v) is 2.64. The van der Waals surface area contributed by atoms with Crippen LogP contribution in [0.1, 0.15) is 30.0 Å². The standard InChI is InChI=1S/C14H17NO4/c1-10(16)13-5-3-4-6-14(13)18-8-11-7-12(9-17-2)19-15-11/h3-7,10,16H,8-9H2,1-2H3/t10-/m1/s1. The Bertz CT molecular complexity index is 522. The number of methoxy groups -OCH3 is 1. The number of aromatic nitrogens is 1. The molecule has 0 amide bonds. The van der Waals surface area contributed by atoms with Crippen LogP contribution in [0.15, 0.2) is 34.9 Å². The van der Waals surface area contributed by atoms with Gasteiger partial charge in [-0.05, 0) is 13.0 Å². The molecule has 0 aliphatic carbocycles. The van der Waals surface area contributed by atoms with Crippen LogP contribution < -0.4 is 4.74 Å². The Morgan fingerprint density at radius 3 is 2.84 bits per heavy atom. The van der Waals surface area contributed by atoms with Gasteiger partial charge < -0.3 is 19.1 Å². The van der Waals surface area contributed by atoms with Gasteiger partial charge in [-0.1, -0.05) is 23.4 Å². The van der Waals surface area contributed by atoms with Crippen molar-refractivity contribution in [3.63, 3.8) is 0 Å². The van der Waals surface area contributed by atoms with Crippen molar-refractivity contribution in [1.82, 2.24) is 5.16 Å². The maximum absolute atomic E-state index is 9.65. The van der Waals surface area contributed by atoms with Gasteiger partial charge in [-0.3, -0.25) is 0 Å². The first-order chi connectivity index (χ1) is 9.20. The van der Waals surface area contributed by atoms with E-state index in [1.54, 1.807) is 20.1 Å². The van der Waals surface area contributed by atoms with Crippen LogP contribution in [0.5, 0.6) is 5.75 Å². The highest BCUT2D eigenvalue weighted by atomic mass is 16.5. The minimum atomic E-state index is -0.572. The average Bonchev–Trinajstić information content (AvgIpc) is 2.85. The summed E-state index contributed by atoms with van der Waals surface area (Å²) in [5, 5.41) is 13.5. The lowest BCUT2D eigenvalue weighted by molar-refractivity contribution is 0.155. The quantitative estimate of drug-likeness (QED) is 0.867. The van der Waals surface area contributed by atoms with Crippen molar-refractivity contribution in [2.45, 2.75) is 26.2 Å². The van der Waals surface area contributed by atoms with Crippen molar-refractivity contribution in [1.29, 1.82) is 0 Å². The number of rotatable bonds is 6. The van der Waals surface area contributed by atoms with E-state index in [2.05, 4.69) is 5.16 Å². The lowest BCUT2D eigenvalue weighted by atomic mass is 10.1. The fraction of sp³-hybridized carbons (Fsp3) is 0.357. The van der Waals surface area contributed by atoms with E-state index in [1.165, 1.54) is 0 Å². The zero-order valence-corrected chi connectivity index (χ0v) is 11.0. The Balaban J connectivity index is 2.01. The molecule has 0 radical (unpaired) electrons. The minimum Gasteiger partial charge on any atom is -0.487 e. The number of para-hydroxylation sites is 1. The van der Waals surface area contributed by atoms with Gasteiger partial charge in [0.15, 0.2) is 5.76 Å². The number of benzene rings is 1. The van der Waals surface area contributed by atoms with E-state index in [-0.39, 0.29) is 6.61 Å². The van der Waals surface area contributed by atoms with E-state index in [1.807, 2.05) is 24.3 Å². The molecule has 1 aromatic heterocycles. The Morgan fingerprint density at radius 1 is 1.32 bits per heavy atom. The summed E-state index contributed by atoms with van der Waals surface area (Å²) in [5.74, 6) is 1.30. The highest BCUT2D eigenvalue weighted by molar-refractivity contribution is 5.34. The minimum absolute atomic E-state index is 0.289. The highest BCUT2D eigenvalue weighted by Gasteiger charge is 2.10. The first kappa shape index (κ1) is 13.6. The number of aliphatic hydroxyl groups excluding tert-OH is 1. The molecule has 0 bridgehead atoms. The largest absolute Gasteiger partial charge is 0.487 e.